The molecule has 0 radical (unpaired) electrons. The molecule has 0 N–H and O–H groups in total. The smallest absolute Gasteiger partial charge is 0.431 e. The van der Waals surface area contributed by atoms with Crippen LogP contribution < -0.4 is 14.6 Å². The van der Waals surface area contributed by atoms with Crippen LogP contribution in [0.25, 0.3) is 0 Å². The summed E-state index contributed by atoms with van der Waals surface area (Å²) in [6.07, 6.45) is -0.772. The monoisotopic (exact) mass is 503 g/mol. The molecule has 2 atom stereocenters. The molecule has 0 aliphatic carbocycles. The van der Waals surface area contributed by atoms with Crippen molar-refractivity contribution >= 4 is 23.4 Å². The SMILES string of the molecule is CC.COc1cccc(N2CCC(Cc3ccc(N4N=C(C(F)(F)F)C(C)[C@@H]4CC=O)cc3)CC2)c1. The summed E-state index contributed by atoms with van der Waals surface area (Å²) in [6.45, 7) is 7.43. The zero-order valence-electron chi connectivity index (χ0n) is 21.5. The van der Waals surface area contributed by atoms with Gasteiger partial charge in [0.1, 0.15) is 17.7 Å². The molecule has 0 amide bonds. The molecular formula is C28H36F3N3O2. The first-order chi connectivity index (χ1) is 17.3. The molecule has 36 heavy (non-hydrogen) atoms. The molecule has 0 aromatic heterocycles. The number of hydrogen-bond donors (Lipinski definition) is 0. The Kier molecular flexibility index (Phi) is 9.40. The summed E-state index contributed by atoms with van der Waals surface area (Å²) >= 11 is 0. The van der Waals surface area contributed by atoms with Crippen LogP contribution in [0.2, 0.25) is 0 Å². The maximum absolute atomic E-state index is 13.4. The van der Waals surface area contributed by atoms with Gasteiger partial charge in [0.2, 0.25) is 0 Å². The van der Waals surface area contributed by atoms with Gasteiger partial charge in [0.15, 0.2) is 0 Å². The van der Waals surface area contributed by atoms with Crippen molar-refractivity contribution in [2.75, 3.05) is 30.1 Å². The highest BCUT2D eigenvalue weighted by molar-refractivity contribution is 5.95. The van der Waals surface area contributed by atoms with Gasteiger partial charge in [0.05, 0.1) is 18.8 Å². The molecule has 2 heterocycles. The molecule has 8 heteroatoms. The summed E-state index contributed by atoms with van der Waals surface area (Å²) in [6, 6.07) is 15.0. The van der Waals surface area contributed by atoms with Crippen LogP contribution in [-0.4, -0.2) is 44.4 Å². The second kappa shape index (κ2) is 12.3. The number of hydrogen-bond acceptors (Lipinski definition) is 5. The van der Waals surface area contributed by atoms with Gasteiger partial charge in [-0.3, -0.25) is 5.01 Å². The van der Waals surface area contributed by atoms with Crippen molar-refractivity contribution in [2.45, 2.75) is 58.7 Å². The Morgan fingerprint density at radius 1 is 1.06 bits per heavy atom. The predicted molar refractivity (Wildman–Crippen MR) is 139 cm³/mol. The van der Waals surface area contributed by atoms with Crippen LogP contribution in [-0.2, 0) is 11.2 Å². The molecule has 2 aliphatic rings. The molecule has 4 rings (SSSR count). The Balaban J connectivity index is 0.00000176. The van der Waals surface area contributed by atoms with Crippen LogP contribution in [0.5, 0.6) is 5.75 Å². The van der Waals surface area contributed by atoms with Gasteiger partial charge in [0, 0.05) is 37.2 Å². The molecule has 5 nitrogen and oxygen atoms in total. The number of alkyl halides is 3. The average molecular weight is 504 g/mol. The summed E-state index contributed by atoms with van der Waals surface area (Å²) in [5.41, 5.74) is 2.08. The van der Waals surface area contributed by atoms with E-state index >= 15 is 0 Å². The summed E-state index contributed by atoms with van der Waals surface area (Å²) < 4.78 is 45.4. The van der Waals surface area contributed by atoms with Crippen molar-refractivity contribution in [1.82, 2.24) is 0 Å². The van der Waals surface area contributed by atoms with Crippen molar-refractivity contribution in [3.63, 3.8) is 0 Å². The molecule has 2 aromatic carbocycles. The van der Waals surface area contributed by atoms with Crippen LogP contribution in [0, 0.1) is 11.8 Å². The molecule has 0 spiro atoms. The fourth-order valence-corrected chi connectivity index (χ4v) is 4.96. The number of hydrazone groups is 1. The summed E-state index contributed by atoms with van der Waals surface area (Å²) in [4.78, 5) is 13.5. The number of methoxy groups -OCH3 is 1. The maximum atomic E-state index is 13.4. The topological polar surface area (TPSA) is 45.1 Å². The van der Waals surface area contributed by atoms with Gasteiger partial charge in [-0.1, -0.05) is 39.0 Å². The number of nitrogens with zero attached hydrogens (tertiary/aromatic N) is 3. The first-order valence-corrected chi connectivity index (χ1v) is 12.7. The van der Waals surface area contributed by atoms with Gasteiger partial charge in [0.25, 0.3) is 0 Å². The van der Waals surface area contributed by atoms with E-state index in [-0.39, 0.29) is 6.42 Å². The van der Waals surface area contributed by atoms with Crippen LogP contribution >= 0.6 is 0 Å². The molecule has 1 saturated heterocycles. The van der Waals surface area contributed by atoms with E-state index in [1.54, 1.807) is 7.11 Å². The zero-order valence-corrected chi connectivity index (χ0v) is 21.5. The Hall–Kier alpha value is -3.03. The number of piperidine rings is 1. The Morgan fingerprint density at radius 2 is 1.72 bits per heavy atom. The lowest BCUT2D eigenvalue weighted by molar-refractivity contribution is -0.108. The van der Waals surface area contributed by atoms with E-state index in [9.17, 15) is 18.0 Å². The van der Waals surface area contributed by atoms with Crippen LogP contribution in [0.15, 0.2) is 53.6 Å². The van der Waals surface area contributed by atoms with Gasteiger partial charge in [-0.25, -0.2) is 0 Å². The molecule has 0 bridgehead atoms. The first-order valence-electron chi connectivity index (χ1n) is 12.7. The second-order valence-electron chi connectivity index (χ2n) is 9.09. The van der Waals surface area contributed by atoms with E-state index in [2.05, 4.69) is 22.1 Å². The Bertz CT molecular complexity index is 1020. The zero-order chi connectivity index (χ0) is 26.3. The normalized spacial score (nSPS) is 20.5. The largest absolute Gasteiger partial charge is 0.497 e. The van der Waals surface area contributed by atoms with E-state index in [1.807, 2.05) is 50.2 Å². The predicted octanol–water partition coefficient (Wildman–Crippen LogP) is 6.51. The number of halogens is 3. The lowest BCUT2D eigenvalue weighted by Crippen LogP contribution is -2.35. The van der Waals surface area contributed by atoms with Crippen molar-refractivity contribution in [1.29, 1.82) is 0 Å². The first kappa shape index (κ1) is 27.6. The van der Waals surface area contributed by atoms with Gasteiger partial charge < -0.3 is 14.4 Å². The third-order valence-corrected chi connectivity index (χ3v) is 6.92. The summed E-state index contributed by atoms with van der Waals surface area (Å²) in [7, 11) is 1.67. The fraction of sp³-hybridized carbons (Fsp3) is 0.500. The minimum absolute atomic E-state index is 0.00212. The number of anilines is 2. The van der Waals surface area contributed by atoms with Crippen LogP contribution in [0.3, 0.4) is 0 Å². The molecule has 196 valence electrons. The van der Waals surface area contributed by atoms with Gasteiger partial charge in [-0.15, -0.1) is 0 Å². The van der Waals surface area contributed by atoms with Crippen molar-refractivity contribution in [2.24, 2.45) is 16.9 Å². The highest BCUT2D eigenvalue weighted by atomic mass is 19.4. The summed E-state index contributed by atoms with van der Waals surface area (Å²) in [5, 5.41) is 5.22. The highest BCUT2D eigenvalue weighted by Crippen LogP contribution is 2.36. The van der Waals surface area contributed by atoms with E-state index in [1.165, 1.54) is 17.6 Å². The van der Waals surface area contributed by atoms with E-state index < -0.39 is 23.8 Å². The number of rotatable bonds is 7. The van der Waals surface area contributed by atoms with E-state index in [0.29, 0.717) is 17.9 Å². The minimum atomic E-state index is -4.50. The summed E-state index contributed by atoms with van der Waals surface area (Å²) in [5.74, 6) is 0.547. The number of benzene rings is 2. The molecule has 2 aromatic rings. The van der Waals surface area contributed by atoms with Gasteiger partial charge in [-0.2, -0.15) is 18.3 Å². The highest BCUT2D eigenvalue weighted by Gasteiger charge is 2.48. The second-order valence-corrected chi connectivity index (χ2v) is 9.09. The lowest BCUT2D eigenvalue weighted by Gasteiger charge is -2.34. The van der Waals surface area contributed by atoms with E-state index in [0.717, 1.165) is 43.7 Å². The van der Waals surface area contributed by atoms with Gasteiger partial charge in [-0.05, 0) is 55.0 Å². The van der Waals surface area contributed by atoms with Crippen molar-refractivity contribution < 1.29 is 22.7 Å². The number of aldehydes is 1. The molecular weight excluding hydrogens is 467 g/mol. The maximum Gasteiger partial charge on any atom is 0.431 e. The van der Waals surface area contributed by atoms with Gasteiger partial charge >= 0.3 is 6.18 Å². The molecule has 1 unspecified atom stereocenters. The third kappa shape index (κ3) is 6.39. The number of ether oxygens (including phenoxy) is 1. The molecule has 1 fully saturated rings. The molecule has 0 saturated carbocycles. The van der Waals surface area contributed by atoms with Crippen molar-refractivity contribution in [3.05, 3.63) is 54.1 Å². The molecule has 2 aliphatic heterocycles. The van der Waals surface area contributed by atoms with E-state index in [4.69, 9.17) is 4.74 Å². The Labute approximate surface area is 211 Å². The minimum Gasteiger partial charge on any atom is -0.497 e. The van der Waals surface area contributed by atoms with Crippen LogP contribution in [0.4, 0.5) is 24.5 Å². The average Bonchev–Trinajstić information content (AvgIpc) is 3.23. The fourth-order valence-electron chi connectivity index (χ4n) is 4.96. The van der Waals surface area contributed by atoms with Crippen LogP contribution in [0.1, 0.15) is 45.6 Å². The number of carbonyl (C=O) groups excluding carboxylic acids is 1. The third-order valence-electron chi connectivity index (χ3n) is 6.92. The lowest BCUT2D eigenvalue weighted by atomic mass is 9.90. The quantitative estimate of drug-likeness (QED) is 0.404. The number of carbonyl (C=O) groups is 1. The standard InChI is InChI=1S/C26H30F3N3O2.C2H6/c1-18-24(12-15-33)32(30-25(18)26(27,28)29)21-8-6-19(7-9-21)16-20-10-13-31(14-11-20)22-4-3-5-23(17-22)34-2;1-2/h3-9,15,17-18,20,24H,10-14,16H2,1-2H3;1-2H3/t18?,24-;/m0./s1. The Morgan fingerprint density at radius 3 is 2.31 bits per heavy atom. The van der Waals surface area contributed by atoms with Crippen molar-refractivity contribution in [3.8, 4) is 5.75 Å².